The molecule has 0 saturated carbocycles. The quantitative estimate of drug-likeness (QED) is 0.175. The lowest BCUT2D eigenvalue weighted by Crippen LogP contribution is -2.51. The van der Waals surface area contributed by atoms with Crippen LogP contribution in [0.2, 0.25) is 0 Å². The van der Waals surface area contributed by atoms with E-state index in [0.717, 1.165) is 44.8 Å². The molecule has 11 heteroatoms. The first kappa shape index (κ1) is 29.0. The zero-order valence-electron chi connectivity index (χ0n) is 22.9. The molecule has 0 aliphatic carbocycles. The van der Waals surface area contributed by atoms with Crippen LogP contribution in [0.4, 0.5) is 0 Å². The van der Waals surface area contributed by atoms with Crippen LogP contribution < -0.4 is 4.72 Å². The molecule has 0 fully saturated rings. The van der Waals surface area contributed by atoms with Gasteiger partial charge in [-0.2, -0.15) is 4.31 Å². The number of H-pyrrole nitrogens is 2. The summed E-state index contributed by atoms with van der Waals surface area (Å²) in [5, 5.41) is 12.3. The summed E-state index contributed by atoms with van der Waals surface area (Å²) in [6, 6.07) is 20.2. The molecule has 9 nitrogen and oxygen atoms in total. The third-order valence-electron chi connectivity index (χ3n) is 7.37. The summed E-state index contributed by atoms with van der Waals surface area (Å²) in [5.41, 5.74) is 4.44. The lowest BCUT2D eigenvalue weighted by atomic mass is 10.0. The maximum Gasteiger partial charge on any atom is 0.240 e. The first-order chi connectivity index (χ1) is 19.5. The molecular formula is C30H34N4O5S2. The fourth-order valence-corrected chi connectivity index (χ4v) is 7.66. The summed E-state index contributed by atoms with van der Waals surface area (Å²) in [6.07, 6.45) is 5.20. The first-order valence-corrected chi connectivity index (χ1v) is 16.6. The summed E-state index contributed by atoms with van der Waals surface area (Å²) in [6.45, 7) is 1.27. The van der Waals surface area contributed by atoms with Gasteiger partial charge < -0.3 is 15.1 Å². The highest BCUT2D eigenvalue weighted by Crippen LogP contribution is 2.24. The molecule has 2 heterocycles. The minimum Gasteiger partial charge on any atom is -0.395 e. The van der Waals surface area contributed by atoms with Crippen LogP contribution in [0.1, 0.15) is 16.7 Å². The van der Waals surface area contributed by atoms with Gasteiger partial charge in [0.05, 0.1) is 23.8 Å². The molecule has 4 N–H and O–H groups in total. The molecule has 0 spiro atoms. The number of rotatable bonds is 12. The van der Waals surface area contributed by atoms with Crippen LogP contribution in [0.5, 0.6) is 0 Å². The Morgan fingerprint density at radius 3 is 1.88 bits per heavy atom. The number of aryl methyl sites for hydroxylation is 1. The second-order valence-corrected chi connectivity index (χ2v) is 14.1. The van der Waals surface area contributed by atoms with Crippen molar-refractivity contribution in [2.75, 3.05) is 19.4 Å². The van der Waals surface area contributed by atoms with Crippen LogP contribution in [0.15, 0.2) is 90.1 Å². The minimum absolute atomic E-state index is 0.0930. The van der Waals surface area contributed by atoms with E-state index in [2.05, 4.69) is 14.7 Å². The van der Waals surface area contributed by atoms with Crippen LogP contribution in [0.3, 0.4) is 0 Å². The average molecular weight is 595 g/mol. The van der Waals surface area contributed by atoms with Crippen LogP contribution in [0.25, 0.3) is 21.8 Å². The lowest BCUT2D eigenvalue weighted by Gasteiger charge is -2.32. The Morgan fingerprint density at radius 2 is 1.34 bits per heavy atom. The molecule has 0 unspecified atom stereocenters. The predicted octanol–water partition coefficient (Wildman–Crippen LogP) is 3.71. The first-order valence-electron chi connectivity index (χ1n) is 13.3. The standard InChI is InChI=1S/C30H34N4O5S2/c1-21-11-13-26(14-12-21)41(38,39)33-24(15-22-17-31-29-9-5-3-7-27(22)29)19-34(40(2,36)37)25(20-35)16-23-18-32-30-10-6-4-8-28(23)30/h3-14,17-18,24-25,31-33,35H,15-16,19-20H2,1-2H3/t24-,25-/m0/s1. The number of aliphatic hydroxyl groups excluding tert-OH is 1. The summed E-state index contributed by atoms with van der Waals surface area (Å²) in [4.78, 5) is 6.49. The molecular weight excluding hydrogens is 560 g/mol. The van der Waals surface area contributed by atoms with E-state index in [0.29, 0.717) is 0 Å². The number of sulfonamides is 2. The zero-order chi connectivity index (χ0) is 29.2. The number of aromatic nitrogens is 2. The summed E-state index contributed by atoms with van der Waals surface area (Å²) in [7, 11) is -7.84. The number of nitrogens with zero attached hydrogens (tertiary/aromatic N) is 1. The molecule has 2 aromatic heterocycles. The minimum atomic E-state index is -3.98. The van der Waals surface area contributed by atoms with Crippen molar-refractivity contribution in [2.24, 2.45) is 0 Å². The SMILES string of the molecule is Cc1ccc(S(=O)(=O)N[C@@H](Cc2c[nH]c3ccccc23)CN([C@H](CO)Cc2c[nH]c3ccccc23)S(C)(=O)=O)cc1. The molecule has 3 aromatic carbocycles. The van der Waals surface area contributed by atoms with Gasteiger partial charge in [0.2, 0.25) is 20.0 Å². The average Bonchev–Trinajstić information content (AvgIpc) is 3.54. The van der Waals surface area contributed by atoms with Gasteiger partial charge in [0, 0.05) is 46.8 Å². The van der Waals surface area contributed by atoms with Gasteiger partial charge in [0.1, 0.15) is 0 Å². The number of hydrogen-bond donors (Lipinski definition) is 4. The van der Waals surface area contributed by atoms with Crippen molar-refractivity contribution in [3.63, 3.8) is 0 Å². The molecule has 216 valence electrons. The Morgan fingerprint density at radius 1 is 0.805 bits per heavy atom. The van der Waals surface area contributed by atoms with E-state index in [4.69, 9.17) is 0 Å². The largest absolute Gasteiger partial charge is 0.395 e. The van der Waals surface area contributed by atoms with Gasteiger partial charge in [0.25, 0.3) is 0 Å². The fourth-order valence-electron chi connectivity index (χ4n) is 5.30. The Balaban J connectivity index is 1.49. The smallest absolute Gasteiger partial charge is 0.240 e. The lowest BCUT2D eigenvalue weighted by molar-refractivity contribution is 0.180. The third kappa shape index (κ3) is 6.55. The highest BCUT2D eigenvalue weighted by molar-refractivity contribution is 7.89. The molecule has 5 rings (SSSR count). The number of hydrogen-bond acceptors (Lipinski definition) is 5. The molecule has 0 aliphatic rings. The van der Waals surface area contributed by atoms with Crippen molar-refractivity contribution in [1.29, 1.82) is 0 Å². The molecule has 2 atom stereocenters. The molecule has 0 bridgehead atoms. The highest BCUT2D eigenvalue weighted by Gasteiger charge is 2.32. The van der Waals surface area contributed by atoms with Crippen molar-refractivity contribution in [1.82, 2.24) is 19.0 Å². The van der Waals surface area contributed by atoms with Gasteiger partial charge in [0.15, 0.2) is 0 Å². The van der Waals surface area contributed by atoms with Gasteiger partial charge in [-0.05, 0) is 55.2 Å². The monoisotopic (exact) mass is 594 g/mol. The molecule has 0 radical (unpaired) electrons. The van der Waals surface area contributed by atoms with Gasteiger partial charge in [-0.3, -0.25) is 0 Å². The van der Waals surface area contributed by atoms with Crippen molar-refractivity contribution in [3.8, 4) is 0 Å². The van der Waals surface area contributed by atoms with Crippen LogP contribution in [-0.4, -0.2) is 67.7 Å². The molecule has 41 heavy (non-hydrogen) atoms. The van der Waals surface area contributed by atoms with E-state index < -0.39 is 38.7 Å². The Labute approximate surface area is 240 Å². The fraction of sp³-hybridized carbons (Fsp3) is 0.267. The van der Waals surface area contributed by atoms with Gasteiger partial charge >= 0.3 is 0 Å². The Kier molecular flexibility index (Phi) is 8.35. The molecule has 0 saturated heterocycles. The number of benzene rings is 3. The van der Waals surface area contributed by atoms with E-state index in [9.17, 15) is 21.9 Å². The number of fused-ring (bicyclic) bond motifs is 2. The predicted molar refractivity (Wildman–Crippen MR) is 162 cm³/mol. The maximum absolute atomic E-state index is 13.5. The van der Waals surface area contributed by atoms with Crippen LogP contribution in [0, 0.1) is 6.92 Å². The van der Waals surface area contributed by atoms with E-state index >= 15 is 0 Å². The van der Waals surface area contributed by atoms with E-state index in [1.54, 1.807) is 12.1 Å². The Bertz CT molecular complexity index is 1860. The van der Waals surface area contributed by atoms with Crippen molar-refractivity contribution < 1.29 is 21.9 Å². The van der Waals surface area contributed by atoms with Gasteiger partial charge in [-0.25, -0.2) is 21.6 Å². The maximum atomic E-state index is 13.5. The third-order valence-corrected chi connectivity index (χ3v) is 10.2. The van der Waals surface area contributed by atoms with Crippen LogP contribution >= 0.6 is 0 Å². The van der Waals surface area contributed by atoms with Gasteiger partial charge in [-0.15, -0.1) is 0 Å². The number of nitrogens with one attached hydrogen (secondary N) is 3. The molecule has 5 aromatic rings. The van der Waals surface area contributed by atoms with Gasteiger partial charge in [-0.1, -0.05) is 54.1 Å². The van der Waals surface area contributed by atoms with Crippen molar-refractivity contribution >= 4 is 41.9 Å². The van der Waals surface area contributed by atoms with E-state index in [-0.39, 0.29) is 24.3 Å². The normalized spacial score (nSPS) is 14.1. The van der Waals surface area contributed by atoms with E-state index in [1.807, 2.05) is 67.8 Å². The second kappa shape index (κ2) is 11.8. The van der Waals surface area contributed by atoms with Crippen molar-refractivity contribution in [2.45, 2.75) is 36.7 Å². The summed E-state index contributed by atoms with van der Waals surface area (Å²) in [5.74, 6) is 0. The Hall–Kier alpha value is -3.48. The summed E-state index contributed by atoms with van der Waals surface area (Å²) >= 11 is 0. The number of aliphatic hydroxyl groups is 1. The topological polar surface area (TPSA) is 135 Å². The number of para-hydroxylation sites is 2. The zero-order valence-corrected chi connectivity index (χ0v) is 24.5. The van der Waals surface area contributed by atoms with Crippen LogP contribution in [-0.2, 0) is 32.9 Å². The molecule has 0 amide bonds. The molecule has 0 aliphatic heterocycles. The van der Waals surface area contributed by atoms with E-state index in [1.165, 1.54) is 16.4 Å². The summed E-state index contributed by atoms with van der Waals surface area (Å²) < 4.78 is 57.3. The van der Waals surface area contributed by atoms with Crippen molar-refractivity contribution in [3.05, 3.63) is 102 Å². The number of aromatic amines is 2. The second-order valence-electron chi connectivity index (χ2n) is 10.4. The highest BCUT2D eigenvalue weighted by atomic mass is 32.2.